The number of amides is 1. The number of nitrogens with one attached hydrogen (secondary N) is 1. The average molecular weight is 316 g/mol. The van der Waals surface area contributed by atoms with Crippen LogP contribution in [0.5, 0.6) is 0 Å². The summed E-state index contributed by atoms with van der Waals surface area (Å²) in [4.78, 5) is 12.1. The van der Waals surface area contributed by atoms with Crippen molar-refractivity contribution in [1.29, 1.82) is 0 Å². The van der Waals surface area contributed by atoms with Crippen LogP contribution in [0.4, 0.5) is 0 Å². The Morgan fingerprint density at radius 3 is 2.82 bits per heavy atom. The van der Waals surface area contributed by atoms with Gasteiger partial charge in [0.05, 0.1) is 0 Å². The van der Waals surface area contributed by atoms with Gasteiger partial charge < -0.3 is 5.32 Å². The Morgan fingerprint density at radius 2 is 2.24 bits per heavy atom. The van der Waals surface area contributed by atoms with Crippen molar-refractivity contribution in [2.24, 2.45) is 0 Å². The molecule has 1 aromatic rings. The third-order valence-corrected chi connectivity index (χ3v) is 3.87. The number of rotatable bonds is 5. The summed E-state index contributed by atoms with van der Waals surface area (Å²) in [5, 5.41) is 3.07. The molecule has 0 saturated heterocycles. The van der Waals surface area contributed by atoms with Gasteiger partial charge in [0, 0.05) is 21.8 Å². The quantitative estimate of drug-likeness (QED) is 0.899. The highest BCUT2D eigenvalue weighted by atomic mass is 79.9. The number of hydrogen-bond acceptors (Lipinski definition) is 2. The lowest BCUT2D eigenvalue weighted by Crippen LogP contribution is -2.36. The fraction of sp³-hybridized carbons (Fsp3) is 0.462. The minimum absolute atomic E-state index is 0.0182. The maximum absolute atomic E-state index is 12.1. The average Bonchev–Trinajstić information content (AvgIpc) is 2.31. The Bertz CT molecular complexity index is 395. The van der Waals surface area contributed by atoms with Gasteiger partial charge >= 0.3 is 0 Å². The Balaban J connectivity index is 2.78. The van der Waals surface area contributed by atoms with Crippen molar-refractivity contribution in [2.45, 2.75) is 26.3 Å². The van der Waals surface area contributed by atoms with Crippen molar-refractivity contribution in [3.8, 4) is 0 Å². The normalized spacial score (nSPS) is 12.2. The molecular formula is C13H18BrNOS. The molecular weight excluding hydrogens is 298 g/mol. The molecule has 0 aromatic heterocycles. The van der Waals surface area contributed by atoms with E-state index in [4.69, 9.17) is 0 Å². The van der Waals surface area contributed by atoms with Crippen LogP contribution in [0.15, 0.2) is 22.7 Å². The molecule has 1 aromatic carbocycles. The van der Waals surface area contributed by atoms with Gasteiger partial charge in [-0.3, -0.25) is 4.79 Å². The lowest BCUT2D eigenvalue weighted by molar-refractivity contribution is 0.0939. The van der Waals surface area contributed by atoms with Gasteiger partial charge in [0.15, 0.2) is 0 Å². The number of halogens is 1. The van der Waals surface area contributed by atoms with Crippen molar-refractivity contribution in [2.75, 3.05) is 12.0 Å². The zero-order chi connectivity index (χ0) is 12.8. The SMILES string of the molecule is CCC(CSC)NC(=O)c1cc(Br)ccc1C. The van der Waals surface area contributed by atoms with Gasteiger partial charge in [-0.15, -0.1) is 0 Å². The van der Waals surface area contributed by atoms with Crippen LogP contribution >= 0.6 is 27.7 Å². The van der Waals surface area contributed by atoms with Gasteiger partial charge in [0.1, 0.15) is 0 Å². The van der Waals surface area contributed by atoms with Crippen molar-refractivity contribution >= 4 is 33.6 Å². The van der Waals surface area contributed by atoms with E-state index in [1.165, 1.54) is 0 Å². The number of carbonyl (C=O) groups excluding carboxylic acids is 1. The van der Waals surface area contributed by atoms with Crippen molar-refractivity contribution in [3.05, 3.63) is 33.8 Å². The first-order valence-corrected chi connectivity index (χ1v) is 7.83. The topological polar surface area (TPSA) is 29.1 Å². The molecule has 4 heteroatoms. The van der Waals surface area contributed by atoms with Gasteiger partial charge in [-0.2, -0.15) is 11.8 Å². The van der Waals surface area contributed by atoms with E-state index >= 15 is 0 Å². The summed E-state index contributed by atoms with van der Waals surface area (Å²) in [6.07, 6.45) is 3.01. The summed E-state index contributed by atoms with van der Waals surface area (Å²) in [7, 11) is 0. The monoisotopic (exact) mass is 315 g/mol. The van der Waals surface area contributed by atoms with Crippen molar-refractivity contribution in [1.82, 2.24) is 5.32 Å². The Labute approximate surface area is 116 Å². The Morgan fingerprint density at radius 1 is 1.53 bits per heavy atom. The lowest BCUT2D eigenvalue weighted by Gasteiger charge is -2.16. The minimum Gasteiger partial charge on any atom is -0.348 e. The molecule has 1 rings (SSSR count). The summed E-state index contributed by atoms with van der Waals surface area (Å²) >= 11 is 5.15. The number of hydrogen-bond donors (Lipinski definition) is 1. The molecule has 0 fully saturated rings. The van der Waals surface area contributed by atoms with E-state index < -0.39 is 0 Å². The van der Waals surface area contributed by atoms with Crippen LogP contribution in [0.1, 0.15) is 29.3 Å². The highest BCUT2D eigenvalue weighted by Gasteiger charge is 2.13. The summed E-state index contributed by atoms with van der Waals surface area (Å²) in [5.41, 5.74) is 1.75. The second kappa shape index (κ2) is 7.07. The van der Waals surface area contributed by atoms with Crippen LogP contribution < -0.4 is 5.32 Å². The van der Waals surface area contributed by atoms with E-state index in [2.05, 4.69) is 34.4 Å². The maximum atomic E-state index is 12.1. The lowest BCUT2D eigenvalue weighted by atomic mass is 10.1. The third kappa shape index (κ3) is 4.36. The van der Waals surface area contributed by atoms with Gasteiger partial charge in [-0.1, -0.05) is 28.9 Å². The largest absolute Gasteiger partial charge is 0.348 e. The molecule has 1 atom stereocenters. The minimum atomic E-state index is 0.0182. The molecule has 0 bridgehead atoms. The second-order valence-corrected chi connectivity index (χ2v) is 5.82. The molecule has 0 aliphatic carbocycles. The van der Waals surface area contributed by atoms with Crippen molar-refractivity contribution < 1.29 is 4.79 Å². The van der Waals surface area contributed by atoms with Gasteiger partial charge in [0.2, 0.25) is 0 Å². The molecule has 1 amide bonds. The second-order valence-electron chi connectivity index (χ2n) is 3.99. The van der Waals surface area contributed by atoms with Crippen LogP contribution in [-0.4, -0.2) is 24.0 Å². The number of thioether (sulfide) groups is 1. The van der Waals surface area contributed by atoms with Crippen LogP contribution in [0.3, 0.4) is 0 Å². The van der Waals surface area contributed by atoms with Crippen LogP contribution in [-0.2, 0) is 0 Å². The maximum Gasteiger partial charge on any atom is 0.251 e. The van der Waals surface area contributed by atoms with Gasteiger partial charge in [-0.05, 0) is 37.3 Å². The molecule has 0 spiro atoms. The predicted molar refractivity (Wildman–Crippen MR) is 78.8 cm³/mol. The molecule has 94 valence electrons. The van der Waals surface area contributed by atoms with Crippen LogP contribution in [0.25, 0.3) is 0 Å². The van der Waals surface area contributed by atoms with Crippen LogP contribution in [0, 0.1) is 6.92 Å². The first kappa shape index (κ1) is 14.6. The first-order valence-electron chi connectivity index (χ1n) is 5.64. The van der Waals surface area contributed by atoms with E-state index in [1.807, 2.05) is 25.1 Å². The molecule has 0 saturated carbocycles. The predicted octanol–water partition coefficient (Wildman–Crippen LogP) is 3.63. The molecule has 0 aliphatic heterocycles. The van der Waals surface area contributed by atoms with E-state index in [1.54, 1.807) is 11.8 Å². The Hall–Kier alpha value is -0.480. The molecule has 17 heavy (non-hydrogen) atoms. The highest BCUT2D eigenvalue weighted by molar-refractivity contribution is 9.10. The van der Waals surface area contributed by atoms with Gasteiger partial charge in [-0.25, -0.2) is 0 Å². The first-order chi connectivity index (χ1) is 8.08. The fourth-order valence-electron chi connectivity index (χ4n) is 1.56. The van der Waals surface area contributed by atoms with E-state index in [0.717, 1.165) is 27.8 Å². The molecule has 1 N–H and O–H groups in total. The van der Waals surface area contributed by atoms with Crippen LogP contribution in [0.2, 0.25) is 0 Å². The number of benzene rings is 1. The molecule has 0 aliphatic rings. The molecule has 0 radical (unpaired) electrons. The zero-order valence-corrected chi connectivity index (χ0v) is 12.8. The Kier molecular flexibility index (Phi) is 6.06. The summed E-state index contributed by atoms with van der Waals surface area (Å²) in [6, 6.07) is 6.02. The zero-order valence-electron chi connectivity index (χ0n) is 10.4. The fourth-order valence-corrected chi connectivity index (χ4v) is 2.65. The number of carbonyl (C=O) groups is 1. The van der Waals surface area contributed by atoms with E-state index in [0.29, 0.717) is 0 Å². The van der Waals surface area contributed by atoms with Gasteiger partial charge in [0.25, 0.3) is 5.91 Å². The summed E-state index contributed by atoms with van der Waals surface area (Å²) in [5.74, 6) is 0.972. The van der Waals surface area contributed by atoms with E-state index in [-0.39, 0.29) is 11.9 Å². The highest BCUT2D eigenvalue weighted by Crippen LogP contribution is 2.16. The smallest absolute Gasteiger partial charge is 0.251 e. The molecule has 0 heterocycles. The summed E-state index contributed by atoms with van der Waals surface area (Å²) < 4.78 is 0.936. The molecule has 1 unspecified atom stereocenters. The summed E-state index contributed by atoms with van der Waals surface area (Å²) in [6.45, 7) is 4.05. The molecule has 2 nitrogen and oxygen atoms in total. The van der Waals surface area contributed by atoms with E-state index in [9.17, 15) is 4.79 Å². The standard InChI is InChI=1S/C13H18BrNOS/c1-4-11(8-17-3)15-13(16)12-7-10(14)6-5-9(12)2/h5-7,11H,4,8H2,1-3H3,(H,15,16). The third-order valence-electron chi connectivity index (χ3n) is 2.64. The van der Waals surface area contributed by atoms with Crippen molar-refractivity contribution in [3.63, 3.8) is 0 Å². The number of aryl methyl sites for hydroxylation is 1.